The predicted octanol–water partition coefficient (Wildman–Crippen LogP) is 4.00. The molecule has 2 fully saturated rings. The molecule has 4 rings (SSSR count). The summed E-state index contributed by atoms with van der Waals surface area (Å²) in [6, 6.07) is 5.96. The van der Waals surface area contributed by atoms with E-state index in [-0.39, 0.29) is 5.41 Å². The number of hydrogen-bond donors (Lipinski definition) is 2. The first kappa shape index (κ1) is 13.6. The molecule has 2 heteroatoms. The molecule has 21 heavy (non-hydrogen) atoms. The molecule has 3 aliphatic carbocycles. The maximum Gasteiger partial charge on any atom is 0.115 e. The highest BCUT2D eigenvalue weighted by molar-refractivity contribution is 5.40. The number of rotatable bonds is 0. The Balaban J connectivity index is 1.72. The molecule has 0 aromatic heterocycles. The lowest BCUT2D eigenvalue weighted by atomic mass is 9.53. The van der Waals surface area contributed by atoms with E-state index in [9.17, 15) is 10.2 Å². The van der Waals surface area contributed by atoms with Crippen LogP contribution in [-0.4, -0.2) is 15.8 Å². The highest BCUT2D eigenvalue weighted by Gasteiger charge is 2.59. The summed E-state index contributed by atoms with van der Waals surface area (Å²) in [6.07, 6.45) is 6.76. The van der Waals surface area contributed by atoms with Crippen molar-refractivity contribution in [2.75, 3.05) is 0 Å². The van der Waals surface area contributed by atoms with Crippen molar-refractivity contribution in [2.24, 2.45) is 17.3 Å². The number of hydrogen-bond acceptors (Lipinski definition) is 2. The third kappa shape index (κ3) is 1.75. The van der Waals surface area contributed by atoms with Crippen LogP contribution in [0.3, 0.4) is 0 Å². The number of benzene rings is 1. The van der Waals surface area contributed by atoms with Gasteiger partial charge in [0.25, 0.3) is 0 Å². The molecule has 2 nitrogen and oxygen atoms in total. The molecule has 0 saturated heterocycles. The minimum Gasteiger partial charge on any atom is -0.508 e. The zero-order chi connectivity index (χ0) is 14.8. The standard InChI is InChI=1S/C19H26O2/c1-18-9-7-15-14-6-4-13(20)11-12(14)3-5-16(15)17(18)8-10-19(18,2)21/h4,6,11,15-17,20-21H,3,5,7-10H2,1-2H3/t15?,16-,17?,18+,19+/m1/s1. The van der Waals surface area contributed by atoms with E-state index >= 15 is 0 Å². The van der Waals surface area contributed by atoms with E-state index in [1.807, 2.05) is 12.1 Å². The zero-order valence-corrected chi connectivity index (χ0v) is 13.1. The Morgan fingerprint density at radius 3 is 2.71 bits per heavy atom. The van der Waals surface area contributed by atoms with Crippen molar-refractivity contribution < 1.29 is 10.2 Å². The Labute approximate surface area is 127 Å². The lowest BCUT2D eigenvalue weighted by Gasteiger charge is -2.52. The molecular formula is C19H26O2. The molecule has 0 bridgehead atoms. The number of phenols is 1. The molecule has 1 aromatic carbocycles. The topological polar surface area (TPSA) is 40.5 Å². The maximum absolute atomic E-state index is 10.8. The summed E-state index contributed by atoms with van der Waals surface area (Å²) in [5.41, 5.74) is 2.43. The SMILES string of the molecule is C[C@]1(O)CCC2[C@@H]3CCc4cc(O)ccc4C3CC[C@@]21C. The fraction of sp³-hybridized carbons (Fsp3) is 0.684. The third-order valence-electron chi connectivity index (χ3n) is 7.27. The molecule has 0 spiro atoms. The van der Waals surface area contributed by atoms with Gasteiger partial charge in [0.15, 0.2) is 0 Å². The lowest BCUT2D eigenvalue weighted by Crippen LogP contribution is -2.49. The van der Waals surface area contributed by atoms with Crippen molar-refractivity contribution in [3.63, 3.8) is 0 Å². The summed E-state index contributed by atoms with van der Waals surface area (Å²) >= 11 is 0. The predicted molar refractivity (Wildman–Crippen MR) is 83.3 cm³/mol. The van der Waals surface area contributed by atoms with E-state index in [4.69, 9.17) is 0 Å². The molecule has 114 valence electrons. The van der Waals surface area contributed by atoms with Crippen LogP contribution in [0.4, 0.5) is 0 Å². The molecule has 2 N–H and O–H groups in total. The molecule has 1 aromatic rings. The highest BCUT2D eigenvalue weighted by Crippen LogP contribution is 2.64. The van der Waals surface area contributed by atoms with Crippen LogP contribution in [0, 0.1) is 17.3 Å². The quantitative estimate of drug-likeness (QED) is 0.757. The van der Waals surface area contributed by atoms with E-state index in [1.54, 1.807) is 0 Å². The van der Waals surface area contributed by atoms with Gasteiger partial charge in [-0.25, -0.2) is 0 Å². The first-order chi connectivity index (χ1) is 9.92. The second kappa shape index (κ2) is 4.25. The van der Waals surface area contributed by atoms with Gasteiger partial charge >= 0.3 is 0 Å². The highest BCUT2D eigenvalue weighted by atomic mass is 16.3. The molecule has 0 amide bonds. The molecule has 5 atom stereocenters. The van der Waals surface area contributed by atoms with E-state index in [0.29, 0.717) is 17.6 Å². The number of fused-ring (bicyclic) bond motifs is 5. The third-order valence-corrected chi connectivity index (χ3v) is 7.27. The van der Waals surface area contributed by atoms with Gasteiger partial charge in [0.1, 0.15) is 5.75 Å². The van der Waals surface area contributed by atoms with E-state index in [0.717, 1.165) is 25.2 Å². The second-order valence-corrected chi connectivity index (χ2v) is 8.07. The molecule has 3 aliphatic rings. The Kier molecular flexibility index (Phi) is 2.76. The van der Waals surface area contributed by atoms with Gasteiger partial charge < -0.3 is 10.2 Å². The van der Waals surface area contributed by atoms with Gasteiger partial charge in [-0.3, -0.25) is 0 Å². The minimum absolute atomic E-state index is 0.0998. The van der Waals surface area contributed by atoms with Crippen LogP contribution in [0.25, 0.3) is 0 Å². The molecule has 0 radical (unpaired) electrons. The molecule has 2 unspecified atom stereocenters. The second-order valence-electron chi connectivity index (χ2n) is 8.07. The van der Waals surface area contributed by atoms with Crippen LogP contribution in [0.15, 0.2) is 18.2 Å². The van der Waals surface area contributed by atoms with Crippen LogP contribution in [0.1, 0.15) is 63.0 Å². The van der Waals surface area contributed by atoms with Gasteiger partial charge in [-0.2, -0.15) is 0 Å². The van der Waals surface area contributed by atoms with Crippen LogP contribution in [-0.2, 0) is 6.42 Å². The number of aliphatic hydroxyl groups is 1. The van der Waals surface area contributed by atoms with Crippen LogP contribution in [0.2, 0.25) is 0 Å². The van der Waals surface area contributed by atoms with Gasteiger partial charge in [0.2, 0.25) is 0 Å². The Morgan fingerprint density at radius 1 is 1.10 bits per heavy atom. The van der Waals surface area contributed by atoms with Crippen molar-refractivity contribution in [2.45, 2.75) is 63.9 Å². The van der Waals surface area contributed by atoms with Crippen LogP contribution < -0.4 is 0 Å². The monoisotopic (exact) mass is 286 g/mol. The van der Waals surface area contributed by atoms with Crippen LogP contribution >= 0.6 is 0 Å². The summed E-state index contributed by atoms with van der Waals surface area (Å²) in [7, 11) is 0. The Bertz CT molecular complexity index is 577. The fourth-order valence-corrected chi connectivity index (χ4v) is 5.81. The fourth-order valence-electron chi connectivity index (χ4n) is 5.81. The first-order valence-corrected chi connectivity index (χ1v) is 8.46. The summed E-state index contributed by atoms with van der Waals surface area (Å²) in [5.74, 6) is 2.42. The summed E-state index contributed by atoms with van der Waals surface area (Å²) in [4.78, 5) is 0. The van der Waals surface area contributed by atoms with Crippen molar-refractivity contribution in [3.05, 3.63) is 29.3 Å². The summed E-state index contributed by atoms with van der Waals surface area (Å²) in [6.45, 7) is 4.38. The van der Waals surface area contributed by atoms with Gasteiger partial charge in [-0.05, 0) is 91.9 Å². The molecule has 0 aliphatic heterocycles. The van der Waals surface area contributed by atoms with Gasteiger partial charge in [-0.15, -0.1) is 0 Å². The smallest absolute Gasteiger partial charge is 0.115 e. The Morgan fingerprint density at radius 2 is 1.90 bits per heavy atom. The molecule has 0 heterocycles. The van der Waals surface area contributed by atoms with Crippen LogP contribution in [0.5, 0.6) is 5.75 Å². The summed E-state index contributed by atoms with van der Waals surface area (Å²) in [5, 5.41) is 20.5. The normalized spacial score (nSPS) is 44.8. The van der Waals surface area contributed by atoms with Crippen molar-refractivity contribution in [3.8, 4) is 5.75 Å². The van der Waals surface area contributed by atoms with Gasteiger partial charge in [0, 0.05) is 0 Å². The van der Waals surface area contributed by atoms with E-state index < -0.39 is 5.60 Å². The first-order valence-electron chi connectivity index (χ1n) is 8.46. The van der Waals surface area contributed by atoms with E-state index in [2.05, 4.69) is 19.9 Å². The maximum atomic E-state index is 10.8. The zero-order valence-electron chi connectivity index (χ0n) is 13.1. The lowest BCUT2D eigenvalue weighted by molar-refractivity contribution is -0.0901. The average molecular weight is 286 g/mol. The number of aromatic hydroxyl groups is 1. The van der Waals surface area contributed by atoms with Crippen molar-refractivity contribution >= 4 is 0 Å². The Hall–Kier alpha value is -1.02. The number of aryl methyl sites for hydroxylation is 1. The van der Waals surface area contributed by atoms with Crippen molar-refractivity contribution in [1.29, 1.82) is 0 Å². The average Bonchev–Trinajstić information content (AvgIpc) is 2.69. The largest absolute Gasteiger partial charge is 0.508 e. The molecular weight excluding hydrogens is 260 g/mol. The summed E-state index contributed by atoms with van der Waals surface area (Å²) < 4.78 is 0. The van der Waals surface area contributed by atoms with Gasteiger partial charge in [0.05, 0.1) is 5.60 Å². The minimum atomic E-state index is -0.488. The number of phenolic OH excluding ortho intramolecular Hbond substituents is 1. The molecule has 2 saturated carbocycles. The van der Waals surface area contributed by atoms with E-state index in [1.165, 1.54) is 30.4 Å². The van der Waals surface area contributed by atoms with Gasteiger partial charge in [-0.1, -0.05) is 13.0 Å². The van der Waals surface area contributed by atoms with Crippen molar-refractivity contribution in [1.82, 2.24) is 0 Å².